The Morgan fingerprint density at radius 2 is 1.94 bits per heavy atom. The molecule has 0 aromatic heterocycles. The quantitative estimate of drug-likeness (QED) is 0.815. The number of benzene rings is 1. The molecule has 17 heavy (non-hydrogen) atoms. The highest BCUT2D eigenvalue weighted by Crippen LogP contribution is 2.24. The van der Waals surface area contributed by atoms with Gasteiger partial charge in [0, 0.05) is 6.04 Å². The van der Waals surface area contributed by atoms with Gasteiger partial charge < -0.3 is 10.5 Å². The second kappa shape index (κ2) is 5.82. The molecule has 0 bridgehead atoms. The first-order chi connectivity index (χ1) is 8.27. The number of hydrogen-bond donors (Lipinski definition) is 1. The van der Waals surface area contributed by atoms with E-state index < -0.39 is 0 Å². The van der Waals surface area contributed by atoms with Gasteiger partial charge in [0.1, 0.15) is 6.61 Å². The van der Waals surface area contributed by atoms with Crippen molar-refractivity contribution in [1.29, 1.82) is 0 Å². The first-order valence-electron chi connectivity index (χ1n) is 6.23. The van der Waals surface area contributed by atoms with Crippen LogP contribution in [0.25, 0.3) is 0 Å². The van der Waals surface area contributed by atoms with Gasteiger partial charge in [-0.15, -0.1) is 0 Å². The molecule has 1 aliphatic carbocycles. The number of rotatable bonds is 3. The lowest BCUT2D eigenvalue weighted by Gasteiger charge is -2.26. The molecular weight excluding hydrogens is 214 g/mol. The first kappa shape index (κ1) is 12.1. The van der Waals surface area contributed by atoms with Gasteiger partial charge in [-0.05, 0) is 18.4 Å². The third-order valence-corrected chi connectivity index (χ3v) is 3.35. The van der Waals surface area contributed by atoms with Crippen molar-refractivity contribution in [3.63, 3.8) is 0 Å². The third-order valence-electron chi connectivity index (χ3n) is 3.35. The highest BCUT2D eigenvalue weighted by Gasteiger charge is 2.29. The van der Waals surface area contributed by atoms with Gasteiger partial charge in [0.2, 0.25) is 0 Å². The molecule has 2 atom stereocenters. The minimum Gasteiger partial charge on any atom is -0.461 e. The normalized spacial score (nSPS) is 24.3. The van der Waals surface area contributed by atoms with E-state index in [0.29, 0.717) is 6.61 Å². The molecular formula is C14H19NO2. The number of carbonyl (C=O) groups is 1. The third kappa shape index (κ3) is 3.30. The molecule has 2 rings (SSSR count). The Morgan fingerprint density at radius 3 is 2.65 bits per heavy atom. The molecule has 1 aliphatic rings. The van der Waals surface area contributed by atoms with Crippen LogP contribution >= 0.6 is 0 Å². The maximum atomic E-state index is 11.9. The van der Waals surface area contributed by atoms with Gasteiger partial charge in [0.25, 0.3) is 0 Å². The summed E-state index contributed by atoms with van der Waals surface area (Å²) in [7, 11) is 0. The lowest BCUT2D eigenvalue weighted by Crippen LogP contribution is -2.38. The maximum absolute atomic E-state index is 11.9. The van der Waals surface area contributed by atoms with Gasteiger partial charge in [-0.3, -0.25) is 4.79 Å². The molecule has 2 N–H and O–H groups in total. The molecule has 0 radical (unpaired) electrons. The minimum absolute atomic E-state index is 0.0213. The standard InChI is InChI=1S/C14H19NO2/c15-13-9-5-4-8-12(13)14(16)17-10-11-6-2-1-3-7-11/h1-3,6-7,12-13H,4-5,8-10,15H2/t12-,13+/m0/s1. The van der Waals surface area contributed by atoms with Crippen molar-refractivity contribution in [2.75, 3.05) is 0 Å². The average molecular weight is 233 g/mol. The zero-order valence-corrected chi connectivity index (χ0v) is 9.97. The van der Waals surface area contributed by atoms with Crippen molar-refractivity contribution >= 4 is 5.97 Å². The minimum atomic E-state index is -0.138. The fourth-order valence-corrected chi connectivity index (χ4v) is 2.29. The molecule has 1 aromatic carbocycles. The van der Waals surface area contributed by atoms with Crippen LogP contribution in [0.4, 0.5) is 0 Å². The summed E-state index contributed by atoms with van der Waals surface area (Å²) < 4.78 is 5.32. The van der Waals surface area contributed by atoms with Crippen molar-refractivity contribution in [3.8, 4) is 0 Å². The van der Waals surface area contributed by atoms with E-state index in [1.807, 2.05) is 30.3 Å². The summed E-state index contributed by atoms with van der Waals surface area (Å²) in [4.78, 5) is 11.9. The summed E-state index contributed by atoms with van der Waals surface area (Å²) in [6.07, 6.45) is 4.02. The topological polar surface area (TPSA) is 52.3 Å². The van der Waals surface area contributed by atoms with E-state index in [4.69, 9.17) is 10.5 Å². The van der Waals surface area contributed by atoms with E-state index >= 15 is 0 Å². The summed E-state index contributed by atoms with van der Waals surface area (Å²) in [5, 5.41) is 0. The number of nitrogens with two attached hydrogens (primary N) is 1. The monoisotopic (exact) mass is 233 g/mol. The molecule has 0 aliphatic heterocycles. The zero-order chi connectivity index (χ0) is 12.1. The van der Waals surface area contributed by atoms with Crippen LogP contribution in [-0.4, -0.2) is 12.0 Å². The van der Waals surface area contributed by atoms with Crippen LogP contribution in [0.3, 0.4) is 0 Å². The molecule has 0 heterocycles. The van der Waals surface area contributed by atoms with E-state index in [2.05, 4.69) is 0 Å². The van der Waals surface area contributed by atoms with E-state index in [9.17, 15) is 4.79 Å². The summed E-state index contributed by atoms with van der Waals surface area (Å²) in [5.74, 6) is -0.242. The zero-order valence-electron chi connectivity index (χ0n) is 9.97. The molecule has 1 aromatic rings. The van der Waals surface area contributed by atoms with Crippen molar-refractivity contribution in [2.24, 2.45) is 11.7 Å². The highest BCUT2D eigenvalue weighted by molar-refractivity contribution is 5.73. The van der Waals surface area contributed by atoms with Gasteiger partial charge in [-0.1, -0.05) is 43.2 Å². The van der Waals surface area contributed by atoms with Gasteiger partial charge in [-0.2, -0.15) is 0 Å². The van der Waals surface area contributed by atoms with Gasteiger partial charge in [0.05, 0.1) is 5.92 Å². The smallest absolute Gasteiger partial charge is 0.310 e. The lowest BCUT2D eigenvalue weighted by atomic mass is 9.85. The second-order valence-electron chi connectivity index (χ2n) is 4.65. The Hall–Kier alpha value is -1.35. The molecule has 0 amide bonds. The number of ether oxygens (including phenoxy) is 1. The predicted molar refractivity (Wildman–Crippen MR) is 66.2 cm³/mol. The fraction of sp³-hybridized carbons (Fsp3) is 0.500. The van der Waals surface area contributed by atoms with Crippen molar-refractivity contribution < 1.29 is 9.53 Å². The molecule has 0 spiro atoms. The van der Waals surface area contributed by atoms with Crippen LogP contribution in [0.2, 0.25) is 0 Å². The van der Waals surface area contributed by atoms with Crippen molar-refractivity contribution in [2.45, 2.75) is 38.3 Å². The van der Waals surface area contributed by atoms with Crippen LogP contribution < -0.4 is 5.73 Å². The highest BCUT2D eigenvalue weighted by atomic mass is 16.5. The number of carbonyl (C=O) groups excluding carboxylic acids is 1. The van der Waals surface area contributed by atoms with Gasteiger partial charge >= 0.3 is 5.97 Å². The fourth-order valence-electron chi connectivity index (χ4n) is 2.29. The molecule has 3 heteroatoms. The van der Waals surface area contributed by atoms with Crippen LogP contribution in [0.5, 0.6) is 0 Å². The molecule has 1 saturated carbocycles. The van der Waals surface area contributed by atoms with Crippen LogP contribution in [-0.2, 0) is 16.1 Å². The van der Waals surface area contributed by atoms with Crippen LogP contribution in [0.1, 0.15) is 31.2 Å². The first-order valence-corrected chi connectivity index (χ1v) is 6.23. The second-order valence-corrected chi connectivity index (χ2v) is 4.65. The van der Waals surface area contributed by atoms with Crippen molar-refractivity contribution in [3.05, 3.63) is 35.9 Å². The summed E-state index contributed by atoms with van der Waals surface area (Å²) in [6, 6.07) is 9.71. The SMILES string of the molecule is N[C@@H]1CCCC[C@@H]1C(=O)OCc1ccccc1. The Balaban J connectivity index is 1.84. The Labute approximate surface area is 102 Å². The number of esters is 1. The van der Waals surface area contributed by atoms with E-state index in [0.717, 1.165) is 31.2 Å². The molecule has 3 nitrogen and oxygen atoms in total. The summed E-state index contributed by atoms with van der Waals surface area (Å²) in [5.41, 5.74) is 6.97. The van der Waals surface area contributed by atoms with Gasteiger partial charge in [-0.25, -0.2) is 0 Å². The summed E-state index contributed by atoms with van der Waals surface area (Å²) >= 11 is 0. The Bertz CT molecular complexity index is 364. The van der Waals surface area contributed by atoms with E-state index in [1.165, 1.54) is 0 Å². The molecule has 1 fully saturated rings. The largest absolute Gasteiger partial charge is 0.461 e. The number of hydrogen-bond acceptors (Lipinski definition) is 3. The van der Waals surface area contributed by atoms with E-state index in [-0.39, 0.29) is 17.9 Å². The average Bonchev–Trinajstić information content (AvgIpc) is 2.38. The van der Waals surface area contributed by atoms with Crippen LogP contribution in [0.15, 0.2) is 30.3 Å². The molecule has 92 valence electrons. The van der Waals surface area contributed by atoms with Gasteiger partial charge in [0.15, 0.2) is 0 Å². The lowest BCUT2D eigenvalue weighted by molar-refractivity contribution is -0.151. The van der Waals surface area contributed by atoms with E-state index in [1.54, 1.807) is 0 Å². The molecule has 0 saturated heterocycles. The maximum Gasteiger partial charge on any atom is 0.310 e. The van der Waals surface area contributed by atoms with Crippen LogP contribution in [0, 0.1) is 5.92 Å². The Morgan fingerprint density at radius 1 is 1.24 bits per heavy atom. The van der Waals surface area contributed by atoms with Crippen molar-refractivity contribution in [1.82, 2.24) is 0 Å². The Kier molecular flexibility index (Phi) is 4.15. The predicted octanol–water partition coefficient (Wildman–Crippen LogP) is 2.25. The molecule has 0 unspecified atom stereocenters. The summed E-state index contributed by atoms with van der Waals surface area (Å²) in [6.45, 7) is 0.350.